The number of nitrogens with one attached hydrogen (secondary N) is 1. The standard InChI is InChI=1S/C23H32N2O/c1-5-9-12-20(11-7-3)17-24-18-21(8-4)23(26)25-22-15-13-19(10-6-2)14-16-22/h7-8,11-16,18H,5-6,9-10,17H2,1-4H3,(H,25,26)/b11-7-,20-12+,21-8+,24-18?. The van der Waals surface area contributed by atoms with Gasteiger partial charge < -0.3 is 5.32 Å². The number of carbonyl (C=O) groups excluding carboxylic acids is 1. The van der Waals surface area contributed by atoms with Crippen molar-refractivity contribution in [1.29, 1.82) is 0 Å². The molecule has 1 N–H and O–H groups in total. The molecule has 1 aromatic carbocycles. The lowest BCUT2D eigenvalue weighted by Crippen LogP contribution is -2.15. The summed E-state index contributed by atoms with van der Waals surface area (Å²) < 4.78 is 0. The van der Waals surface area contributed by atoms with E-state index in [0.717, 1.165) is 31.4 Å². The van der Waals surface area contributed by atoms with E-state index < -0.39 is 0 Å². The molecular formula is C23H32N2O. The summed E-state index contributed by atoms with van der Waals surface area (Å²) in [6.45, 7) is 8.75. The lowest BCUT2D eigenvalue weighted by atomic mass is 10.1. The highest BCUT2D eigenvalue weighted by Crippen LogP contribution is 2.12. The van der Waals surface area contributed by atoms with E-state index in [1.165, 1.54) is 11.1 Å². The molecule has 0 unspecified atom stereocenters. The first-order valence-electron chi connectivity index (χ1n) is 9.52. The van der Waals surface area contributed by atoms with Gasteiger partial charge >= 0.3 is 0 Å². The minimum absolute atomic E-state index is 0.135. The molecule has 0 heterocycles. The van der Waals surface area contributed by atoms with Crippen LogP contribution in [-0.2, 0) is 11.2 Å². The van der Waals surface area contributed by atoms with Crippen molar-refractivity contribution in [3.63, 3.8) is 0 Å². The molecule has 0 atom stereocenters. The molecule has 1 rings (SSSR count). The van der Waals surface area contributed by atoms with Gasteiger partial charge in [-0.1, -0.05) is 63.1 Å². The number of rotatable bonds is 10. The summed E-state index contributed by atoms with van der Waals surface area (Å²) in [5, 5.41) is 2.93. The Kier molecular flexibility index (Phi) is 10.7. The first-order valence-corrected chi connectivity index (χ1v) is 9.52. The number of benzene rings is 1. The van der Waals surface area contributed by atoms with Crippen LogP contribution in [0.5, 0.6) is 0 Å². The van der Waals surface area contributed by atoms with Gasteiger partial charge in [0, 0.05) is 11.9 Å². The number of hydrogen-bond donors (Lipinski definition) is 1. The van der Waals surface area contributed by atoms with Gasteiger partial charge in [-0.2, -0.15) is 0 Å². The molecule has 1 aromatic rings. The maximum absolute atomic E-state index is 12.4. The predicted molar refractivity (Wildman–Crippen MR) is 114 cm³/mol. The molecule has 3 heteroatoms. The topological polar surface area (TPSA) is 41.5 Å². The second-order valence-corrected chi connectivity index (χ2v) is 6.18. The average molecular weight is 353 g/mol. The minimum Gasteiger partial charge on any atom is -0.322 e. The van der Waals surface area contributed by atoms with Crippen LogP contribution in [0.25, 0.3) is 0 Å². The average Bonchev–Trinajstić information content (AvgIpc) is 2.64. The molecule has 140 valence electrons. The highest BCUT2D eigenvalue weighted by molar-refractivity contribution is 6.17. The molecule has 0 aliphatic heterocycles. The van der Waals surface area contributed by atoms with Crippen molar-refractivity contribution in [1.82, 2.24) is 0 Å². The monoisotopic (exact) mass is 352 g/mol. The molecule has 0 aliphatic carbocycles. The van der Waals surface area contributed by atoms with Crippen molar-refractivity contribution < 1.29 is 4.79 Å². The maximum Gasteiger partial charge on any atom is 0.256 e. The highest BCUT2D eigenvalue weighted by Gasteiger charge is 2.06. The Morgan fingerprint density at radius 2 is 1.85 bits per heavy atom. The largest absolute Gasteiger partial charge is 0.322 e. The van der Waals surface area contributed by atoms with E-state index in [0.29, 0.717) is 12.1 Å². The number of aryl methyl sites for hydroxylation is 1. The van der Waals surface area contributed by atoms with E-state index in [-0.39, 0.29) is 5.91 Å². The minimum atomic E-state index is -0.135. The number of amides is 1. The fourth-order valence-electron chi connectivity index (χ4n) is 2.49. The summed E-state index contributed by atoms with van der Waals surface area (Å²) in [4.78, 5) is 16.9. The Bertz CT molecular complexity index is 664. The summed E-state index contributed by atoms with van der Waals surface area (Å²) in [5.74, 6) is -0.135. The molecule has 0 spiro atoms. The molecule has 0 saturated carbocycles. The SMILES string of the molecule is C/C=C\C(=C/CCC)CN=C/C(=C\C)C(=O)Nc1ccc(CCC)cc1. The number of hydrogen-bond acceptors (Lipinski definition) is 2. The van der Waals surface area contributed by atoms with E-state index in [1.807, 2.05) is 32.1 Å². The fourth-order valence-corrected chi connectivity index (χ4v) is 2.49. The molecule has 0 radical (unpaired) electrons. The van der Waals surface area contributed by atoms with Crippen LogP contribution in [0.15, 0.2) is 64.7 Å². The fraction of sp³-hybridized carbons (Fsp3) is 0.391. The van der Waals surface area contributed by atoms with E-state index >= 15 is 0 Å². The van der Waals surface area contributed by atoms with Crippen LogP contribution in [0, 0.1) is 0 Å². The third-order valence-electron chi connectivity index (χ3n) is 3.90. The molecule has 0 aromatic heterocycles. The Labute approximate surface area is 158 Å². The molecule has 0 aliphatic rings. The second kappa shape index (κ2) is 12.9. The number of aliphatic imine (C=N–C) groups is 1. The van der Waals surface area contributed by atoms with Crippen LogP contribution in [0.2, 0.25) is 0 Å². The first kappa shape index (κ1) is 21.6. The summed E-state index contributed by atoms with van der Waals surface area (Å²) in [5.41, 5.74) is 3.83. The smallest absolute Gasteiger partial charge is 0.256 e. The van der Waals surface area contributed by atoms with Crippen LogP contribution >= 0.6 is 0 Å². The third-order valence-corrected chi connectivity index (χ3v) is 3.90. The molecule has 1 amide bonds. The van der Waals surface area contributed by atoms with Crippen molar-refractivity contribution in [2.24, 2.45) is 4.99 Å². The van der Waals surface area contributed by atoms with Crippen LogP contribution in [-0.4, -0.2) is 18.7 Å². The van der Waals surface area contributed by atoms with E-state index in [4.69, 9.17) is 0 Å². The third kappa shape index (κ3) is 8.11. The predicted octanol–water partition coefficient (Wildman–Crippen LogP) is 5.90. The summed E-state index contributed by atoms with van der Waals surface area (Å²) >= 11 is 0. The Balaban J connectivity index is 2.68. The van der Waals surface area contributed by atoms with Gasteiger partial charge in [0.05, 0.1) is 12.1 Å². The van der Waals surface area contributed by atoms with Crippen molar-refractivity contribution in [2.75, 3.05) is 11.9 Å². The first-order chi connectivity index (χ1) is 12.6. The quantitative estimate of drug-likeness (QED) is 0.318. The number of unbranched alkanes of at least 4 members (excludes halogenated alkanes) is 1. The van der Waals surface area contributed by atoms with Crippen LogP contribution < -0.4 is 5.32 Å². The van der Waals surface area contributed by atoms with Gasteiger partial charge in [0.1, 0.15) is 0 Å². The summed E-state index contributed by atoms with van der Waals surface area (Å²) in [6, 6.07) is 8.02. The number of anilines is 1. The number of carbonyl (C=O) groups is 1. The van der Waals surface area contributed by atoms with Gasteiger partial charge in [-0.3, -0.25) is 9.79 Å². The molecular weight excluding hydrogens is 320 g/mol. The normalized spacial score (nSPS) is 12.9. The van der Waals surface area contributed by atoms with Gasteiger partial charge in [-0.15, -0.1) is 0 Å². The van der Waals surface area contributed by atoms with Gasteiger partial charge in [-0.05, 0) is 50.0 Å². The summed E-state index contributed by atoms with van der Waals surface area (Å²) in [6.07, 6.45) is 14.1. The van der Waals surface area contributed by atoms with Crippen LogP contribution in [0.1, 0.15) is 52.5 Å². The van der Waals surface area contributed by atoms with Gasteiger partial charge in [0.25, 0.3) is 5.91 Å². The van der Waals surface area contributed by atoms with Gasteiger partial charge in [0.15, 0.2) is 0 Å². The molecule has 26 heavy (non-hydrogen) atoms. The van der Waals surface area contributed by atoms with Gasteiger partial charge in [0.2, 0.25) is 0 Å². The lowest BCUT2D eigenvalue weighted by Gasteiger charge is -2.07. The zero-order chi connectivity index (χ0) is 19.2. The van der Waals surface area contributed by atoms with Crippen LogP contribution in [0.3, 0.4) is 0 Å². The molecule has 0 fully saturated rings. The maximum atomic E-state index is 12.4. The van der Waals surface area contributed by atoms with E-state index in [9.17, 15) is 4.79 Å². The molecule has 3 nitrogen and oxygen atoms in total. The Hall–Kier alpha value is -2.42. The van der Waals surface area contributed by atoms with Crippen molar-refractivity contribution in [3.05, 3.63) is 65.3 Å². The van der Waals surface area contributed by atoms with E-state index in [1.54, 1.807) is 12.3 Å². The lowest BCUT2D eigenvalue weighted by molar-refractivity contribution is -0.112. The molecule has 0 saturated heterocycles. The van der Waals surface area contributed by atoms with Crippen molar-refractivity contribution >= 4 is 17.8 Å². The summed E-state index contributed by atoms with van der Waals surface area (Å²) in [7, 11) is 0. The van der Waals surface area contributed by atoms with E-state index in [2.05, 4.69) is 48.4 Å². The number of allylic oxidation sites excluding steroid dienone is 3. The van der Waals surface area contributed by atoms with Crippen molar-refractivity contribution in [3.8, 4) is 0 Å². The molecule has 0 bridgehead atoms. The Morgan fingerprint density at radius 1 is 1.12 bits per heavy atom. The second-order valence-electron chi connectivity index (χ2n) is 6.18. The zero-order valence-corrected chi connectivity index (χ0v) is 16.6. The Morgan fingerprint density at radius 3 is 2.42 bits per heavy atom. The van der Waals surface area contributed by atoms with Gasteiger partial charge in [-0.25, -0.2) is 0 Å². The highest BCUT2D eigenvalue weighted by atomic mass is 16.1. The van der Waals surface area contributed by atoms with Crippen LogP contribution in [0.4, 0.5) is 5.69 Å². The zero-order valence-electron chi connectivity index (χ0n) is 16.6. The number of nitrogens with zero attached hydrogens (tertiary/aromatic N) is 1. The van der Waals surface area contributed by atoms with Crippen molar-refractivity contribution in [2.45, 2.75) is 53.4 Å².